The third-order valence-electron chi connectivity index (χ3n) is 2.87. The molecule has 0 aliphatic heterocycles. The van der Waals surface area contributed by atoms with Crippen LogP contribution in [0.3, 0.4) is 0 Å². The molecule has 0 N–H and O–H groups in total. The number of aromatic nitrogens is 2. The summed E-state index contributed by atoms with van der Waals surface area (Å²) in [6.07, 6.45) is 4.03. The van der Waals surface area contributed by atoms with Gasteiger partial charge in [0.15, 0.2) is 11.5 Å². The maximum absolute atomic E-state index is 11.5. The SMILES string of the molecule is CC(=O)c1oc(C2CC2)c2cnc(C)nc12. The lowest BCUT2D eigenvalue weighted by Crippen LogP contribution is -1.93. The van der Waals surface area contributed by atoms with Gasteiger partial charge in [0.2, 0.25) is 0 Å². The summed E-state index contributed by atoms with van der Waals surface area (Å²) in [6, 6.07) is 0. The molecule has 1 saturated carbocycles. The number of carbonyl (C=O) groups excluding carboxylic acids is 1. The van der Waals surface area contributed by atoms with Crippen molar-refractivity contribution in [2.24, 2.45) is 0 Å². The first-order valence-corrected chi connectivity index (χ1v) is 5.44. The topological polar surface area (TPSA) is 56.0 Å². The number of carbonyl (C=O) groups is 1. The number of furan rings is 1. The van der Waals surface area contributed by atoms with Gasteiger partial charge < -0.3 is 4.42 Å². The molecule has 1 aliphatic rings. The summed E-state index contributed by atoms with van der Waals surface area (Å²) in [5.74, 6) is 2.32. The van der Waals surface area contributed by atoms with E-state index in [1.165, 1.54) is 6.92 Å². The maximum atomic E-state index is 11.5. The second-order valence-electron chi connectivity index (χ2n) is 4.31. The Kier molecular flexibility index (Phi) is 1.87. The molecule has 1 aliphatic carbocycles. The molecule has 0 aromatic carbocycles. The smallest absolute Gasteiger partial charge is 0.197 e. The van der Waals surface area contributed by atoms with Gasteiger partial charge in [-0.05, 0) is 19.8 Å². The van der Waals surface area contributed by atoms with Gasteiger partial charge >= 0.3 is 0 Å². The van der Waals surface area contributed by atoms with E-state index in [0.29, 0.717) is 23.0 Å². The van der Waals surface area contributed by atoms with Crippen LogP contribution in [0.5, 0.6) is 0 Å². The van der Waals surface area contributed by atoms with Gasteiger partial charge in [-0.2, -0.15) is 0 Å². The average Bonchev–Trinajstić information content (AvgIpc) is 2.99. The quantitative estimate of drug-likeness (QED) is 0.724. The summed E-state index contributed by atoms with van der Waals surface area (Å²) in [7, 11) is 0. The van der Waals surface area contributed by atoms with E-state index >= 15 is 0 Å². The molecule has 0 radical (unpaired) electrons. The third-order valence-corrected chi connectivity index (χ3v) is 2.87. The van der Waals surface area contributed by atoms with Crippen LogP contribution < -0.4 is 0 Å². The van der Waals surface area contributed by atoms with E-state index in [0.717, 1.165) is 24.0 Å². The van der Waals surface area contributed by atoms with E-state index in [1.54, 1.807) is 6.20 Å². The Hall–Kier alpha value is -1.71. The molecule has 2 aromatic rings. The minimum Gasteiger partial charge on any atom is -0.455 e. The van der Waals surface area contributed by atoms with Crippen LogP contribution in [0.25, 0.3) is 10.9 Å². The number of aryl methyl sites for hydroxylation is 1. The zero-order chi connectivity index (χ0) is 11.3. The van der Waals surface area contributed by atoms with E-state index in [1.807, 2.05) is 6.92 Å². The van der Waals surface area contributed by atoms with Crippen LogP contribution in [0, 0.1) is 6.92 Å². The largest absolute Gasteiger partial charge is 0.455 e. The van der Waals surface area contributed by atoms with Crippen LogP contribution in [-0.2, 0) is 0 Å². The van der Waals surface area contributed by atoms with Gasteiger partial charge in [0.25, 0.3) is 0 Å². The highest BCUT2D eigenvalue weighted by atomic mass is 16.4. The standard InChI is InChI=1S/C12H12N2O2/c1-6(15)11-10-9(5-13-7(2)14-10)12(16-11)8-3-4-8/h5,8H,3-4H2,1-2H3. The van der Waals surface area contributed by atoms with Gasteiger partial charge in [0, 0.05) is 19.0 Å². The van der Waals surface area contributed by atoms with Gasteiger partial charge in [-0.1, -0.05) is 0 Å². The first-order valence-electron chi connectivity index (χ1n) is 5.44. The molecule has 0 saturated heterocycles. The van der Waals surface area contributed by atoms with Gasteiger partial charge in [-0.15, -0.1) is 0 Å². The lowest BCUT2D eigenvalue weighted by atomic mass is 10.2. The zero-order valence-corrected chi connectivity index (χ0v) is 9.28. The molecule has 0 bridgehead atoms. The fraction of sp³-hybridized carbons (Fsp3) is 0.417. The van der Waals surface area contributed by atoms with Gasteiger partial charge in [0.1, 0.15) is 17.1 Å². The predicted molar refractivity (Wildman–Crippen MR) is 58.5 cm³/mol. The highest BCUT2D eigenvalue weighted by molar-refractivity contribution is 6.03. The summed E-state index contributed by atoms with van der Waals surface area (Å²) >= 11 is 0. The van der Waals surface area contributed by atoms with Crippen molar-refractivity contribution in [3.63, 3.8) is 0 Å². The molecule has 2 heterocycles. The fourth-order valence-electron chi connectivity index (χ4n) is 1.92. The molecule has 2 aromatic heterocycles. The number of rotatable bonds is 2. The molecule has 4 nitrogen and oxygen atoms in total. The van der Waals surface area contributed by atoms with Crippen molar-refractivity contribution in [1.29, 1.82) is 0 Å². The highest BCUT2D eigenvalue weighted by Gasteiger charge is 2.31. The Morgan fingerprint density at radius 3 is 2.88 bits per heavy atom. The van der Waals surface area contributed by atoms with Crippen molar-refractivity contribution in [3.8, 4) is 0 Å². The molecule has 4 heteroatoms. The Balaban J connectivity index is 2.32. The minimum atomic E-state index is -0.0741. The van der Waals surface area contributed by atoms with Crippen LogP contribution >= 0.6 is 0 Å². The number of hydrogen-bond donors (Lipinski definition) is 0. The molecule has 0 spiro atoms. The Bertz CT molecular complexity index is 582. The van der Waals surface area contributed by atoms with Crippen LogP contribution in [-0.4, -0.2) is 15.8 Å². The lowest BCUT2D eigenvalue weighted by Gasteiger charge is -1.93. The van der Waals surface area contributed by atoms with Crippen molar-refractivity contribution in [1.82, 2.24) is 9.97 Å². The zero-order valence-electron chi connectivity index (χ0n) is 9.28. The van der Waals surface area contributed by atoms with Crippen molar-refractivity contribution in [3.05, 3.63) is 23.5 Å². The Labute approximate surface area is 92.7 Å². The van der Waals surface area contributed by atoms with Gasteiger partial charge in [-0.3, -0.25) is 4.79 Å². The van der Waals surface area contributed by atoms with Crippen molar-refractivity contribution < 1.29 is 9.21 Å². The fourth-order valence-corrected chi connectivity index (χ4v) is 1.92. The number of nitrogens with zero attached hydrogens (tertiary/aromatic N) is 2. The first kappa shape index (κ1) is 9.51. The van der Waals surface area contributed by atoms with E-state index in [4.69, 9.17) is 4.42 Å². The number of fused-ring (bicyclic) bond motifs is 1. The molecule has 82 valence electrons. The van der Waals surface area contributed by atoms with Crippen LogP contribution in [0.4, 0.5) is 0 Å². The first-order chi connectivity index (χ1) is 7.66. The predicted octanol–water partition coefficient (Wildman–Crippen LogP) is 2.61. The van der Waals surface area contributed by atoms with Gasteiger partial charge in [-0.25, -0.2) is 9.97 Å². The molecule has 0 unspecified atom stereocenters. The number of Topliss-reactive ketones (excluding diaryl/α,β-unsaturated/α-hetero) is 1. The highest BCUT2D eigenvalue weighted by Crippen LogP contribution is 2.44. The maximum Gasteiger partial charge on any atom is 0.197 e. The normalized spacial score (nSPS) is 15.6. The average molecular weight is 216 g/mol. The molecule has 0 amide bonds. The summed E-state index contributed by atoms with van der Waals surface area (Å²) in [4.78, 5) is 19.9. The van der Waals surface area contributed by atoms with E-state index in [-0.39, 0.29) is 5.78 Å². The van der Waals surface area contributed by atoms with Crippen molar-refractivity contribution in [2.45, 2.75) is 32.6 Å². The molecular weight excluding hydrogens is 204 g/mol. The molecule has 0 atom stereocenters. The molecule has 1 fully saturated rings. The monoisotopic (exact) mass is 216 g/mol. The molecule has 16 heavy (non-hydrogen) atoms. The van der Waals surface area contributed by atoms with Crippen LogP contribution in [0.15, 0.2) is 10.6 Å². The molecular formula is C12H12N2O2. The number of hydrogen-bond acceptors (Lipinski definition) is 4. The summed E-state index contributed by atoms with van der Waals surface area (Å²) in [6.45, 7) is 3.32. The van der Waals surface area contributed by atoms with E-state index in [2.05, 4.69) is 9.97 Å². The minimum absolute atomic E-state index is 0.0741. The van der Waals surface area contributed by atoms with Gasteiger partial charge in [0.05, 0.1) is 5.39 Å². The van der Waals surface area contributed by atoms with Crippen LogP contribution in [0.2, 0.25) is 0 Å². The molecule has 3 rings (SSSR count). The second kappa shape index (κ2) is 3.14. The Morgan fingerprint density at radius 1 is 1.50 bits per heavy atom. The Morgan fingerprint density at radius 2 is 2.25 bits per heavy atom. The number of ketones is 1. The van der Waals surface area contributed by atoms with E-state index in [9.17, 15) is 4.79 Å². The van der Waals surface area contributed by atoms with Crippen LogP contribution in [0.1, 0.15) is 47.8 Å². The second-order valence-corrected chi connectivity index (χ2v) is 4.31. The lowest BCUT2D eigenvalue weighted by molar-refractivity contribution is 0.0987. The third kappa shape index (κ3) is 1.33. The van der Waals surface area contributed by atoms with E-state index < -0.39 is 0 Å². The summed E-state index contributed by atoms with van der Waals surface area (Å²) in [5, 5.41) is 0.901. The van der Waals surface area contributed by atoms with Crippen molar-refractivity contribution in [2.75, 3.05) is 0 Å². The summed E-state index contributed by atoms with van der Waals surface area (Å²) in [5.41, 5.74) is 0.668. The van der Waals surface area contributed by atoms with Crippen molar-refractivity contribution >= 4 is 16.7 Å². The summed E-state index contributed by atoms with van der Waals surface area (Å²) < 4.78 is 5.65.